The first-order valence-electron chi connectivity index (χ1n) is 14.7. The predicted octanol–water partition coefficient (Wildman–Crippen LogP) is 5.60. The fraction of sp³-hybridized carbons (Fsp3) is 0.257. The number of amides is 1. The van der Waals surface area contributed by atoms with Crippen molar-refractivity contribution in [3.05, 3.63) is 112 Å². The van der Waals surface area contributed by atoms with Crippen LogP contribution in [0.2, 0.25) is 0 Å². The Hall–Kier alpha value is -5.02. The zero-order valence-electron chi connectivity index (χ0n) is 25.3. The second-order valence-electron chi connectivity index (χ2n) is 12.1. The molecule has 0 unspecified atom stereocenters. The van der Waals surface area contributed by atoms with Crippen LogP contribution in [-0.4, -0.2) is 57.1 Å². The van der Waals surface area contributed by atoms with Crippen molar-refractivity contribution < 1.29 is 14.3 Å². The van der Waals surface area contributed by atoms with Gasteiger partial charge in [-0.15, -0.1) is 0 Å². The fourth-order valence-electron chi connectivity index (χ4n) is 5.42. The summed E-state index contributed by atoms with van der Waals surface area (Å²) in [4.78, 5) is 45.8. The number of anilines is 2. The Bertz CT molecular complexity index is 1910. The zero-order chi connectivity index (χ0) is 31.0. The number of ether oxygens (including phenoxy) is 1. The maximum absolute atomic E-state index is 13.5. The number of fused-ring (bicyclic) bond motifs is 1. The Morgan fingerprint density at radius 2 is 1.52 bits per heavy atom. The van der Waals surface area contributed by atoms with Gasteiger partial charge in [0.05, 0.1) is 24.4 Å². The lowest BCUT2D eigenvalue weighted by Crippen LogP contribution is -2.40. The number of hydrogen-bond acceptors (Lipinski definition) is 6. The van der Waals surface area contributed by atoms with Gasteiger partial charge in [-0.25, -0.2) is 4.98 Å². The summed E-state index contributed by atoms with van der Waals surface area (Å²) in [5.74, 6) is -0.0102. The standard InChI is InChI=1S/C35H35N5O4/c1-35(2,3)25-12-8-24(9-13-25)33(42)40-17-16-28-27(6-5-7-30(28)40)29-22-38(4)34(43)31(37-29)36-26-14-10-23(11-15-26)32(41)39-18-20-44-21-19-39/h5-17,22H,18-21H2,1-4H3,(H,36,37). The first-order chi connectivity index (χ1) is 21.1. The molecule has 5 aromatic rings. The van der Waals surface area contributed by atoms with Crippen molar-refractivity contribution in [2.45, 2.75) is 26.2 Å². The van der Waals surface area contributed by atoms with Crippen molar-refractivity contribution in [3.8, 4) is 11.3 Å². The van der Waals surface area contributed by atoms with E-state index < -0.39 is 0 Å². The molecular weight excluding hydrogens is 554 g/mol. The van der Waals surface area contributed by atoms with E-state index in [9.17, 15) is 14.4 Å². The highest BCUT2D eigenvalue weighted by molar-refractivity contribution is 6.05. The highest BCUT2D eigenvalue weighted by atomic mass is 16.5. The summed E-state index contributed by atoms with van der Waals surface area (Å²) in [5.41, 5.74) is 4.81. The number of nitrogens with one attached hydrogen (secondary N) is 1. The molecule has 1 amide bonds. The average molecular weight is 590 g/mol. The number of nitrogens with zero attached hydrogens (tertiary/aromatic N) is 4. The Morgan fingerprint density at radius 3 is 2.20 bits per heavy atom. The molecule has 3 aromatic carbocycles. The molecule has 6 rings (SSSR count). The minimum Gasteiger partial charge on any atom is -0.378 e. The van der Waals surface area contributed by atoms with Crippen LogP contribution in [0.4, 0.5) is 11.5 Å². The van der Waals surface area contributed by atoms with Crippen LogP contribution in [0.15, 0.2) is 90.0 Å². The lowest BCUT2D eigenvalue weighted by molar-refractivity contribution is 0.0303. The summed E-state index contributed by atoms with van der Waals surface area (Å²) in [7, 11) is 1.68. The van der Waals surface area contributed by atoms with Crippen molar-refractivity contribution in [2.24, 2.45) is 7.05 Å². The fourth-order valence-corrected chi connectivity index (χ4v) is 5.42. The zero-order valence-corrected chi connectivity index (χ0v) is 25.3. The van der Waals surface area contributed by atoms with Crippen molar-refractivity contribution in [2.75, 3.05) is 31.6 Å². The first kappa shape index (κ1) is 29.1. The maximum Gasteiger partial charge on any atom is 0.293 e. The largest absolute Gasteiger partial charge is 0.378 e. The van der Waals surface area contributed by atoms with Gasteiger partial charge in [0.25, 0.3) is 17.4 Å². The molecule has 1 N–H and O–H groups in total. The van der Waals surface area contributed by atoms with Crippen LogP contribution in [0.5, 0.6) is 0 Å². The van der Waals surface area contributed by atoms with Gasteiger partial charge < -0.3 is 19.5 Å². The molecule has 1 aliphatic heterocycles. The molecular formula is C35H35N5O4. The normalized spacial score (nSPS) is 13.7. The molecule has 0 radical (unpaired) electrons. The van der Waals surface area contributed by atoms with E-state index in [0.717, 1.165) is 22.0 Å². The highest BCUT2D eigenvalue weighted by Crippen LogP contribution is 2.30. The molecule has 9 heteroatoms. The Kier molecular flexibility index (Phi) is 7.65. The van der Waals surface area contributed by atoms with Crippen molar-refractivity contribution in [1.29, 1.82) is 0 Å². The van der Waals surface area contributed by atoms with Gasteiger partial charge in [0.15, 0.2) is 5.82 Å². The van der Waals surface area contributed by atoms with Crippen molar-refractivity contribution >= 4 is 34.2 Å². The van der Waals surface area contributed by atoms with E-state index >= 15 is 0 Å². The lowest BCUT2D eigenvalue weighted by Gasteiger charge is -2.26. The van der Waals surface area contributed by atoms with Crippen molar-refractivity contribution in [3.63, 3.8) is 0 Å². The topological polar surface area (TPSA) is 98.5 Å². The van der Waals surface area contributed by atoms with E-state index in [2.05, 4.69) is 26.1 Å². The summed E-state index contributed by atoms with van der Waals surface area (Å²) in [5, 5.41) is 3.97. The molecule has 44 heavy (non-hydrogen) atoms. The van der Waals surface area contributed by atoms with E-state index in [-0.39, 0.29) is 28.6 Å². The second kappa shape index (κ2) is 11.6. The molecule has 224 valence electrons. The van der Waals surface area contributed by atoms with E-state index in [1.807, 2.05) is 48.5 Å². The average Bonchev–Trinajstić information content (AvgIpc) is 3.47. The Morgan fingerprint density at radius 1 is 0.864 bits per heavy atom. The third kappa shape index (κ3) is 5.66. The summed E-state index contributed by atoms with van der Waals surface area (Å²) >= 11 is 0. The third-order valence-electron chi connectivity index (χ3n) is 7.99. The number of morpholine rings is 1. The van der Waals surface area contributed by atoms with Gasteiger partial charge in [-0.05, 0) is 59.5 Å². The minimum absolute atomic E-state index is 0.00134. The van der Waals surface area contributed by atoms with Crippen molar-refractivity contribution in [1.82, 2.24) is 19.0 Å². The van der Waals surface area contributed by atoms with Crippen LogP contribution in [-0.2, 0) is 17.2 Å². The van der Waals surface area contributed by atoms with Gasteiger partial charge in [0, 0.05) is 60.3 Å². The molecule has 9 nitrogen and oxygen atoms in total. The summed E-state index contributed by atoms with van der Waals surface area (Å²) < 4.78 is 8.47. The first-order valence-corrected chi connectivity index (χ1v) is 14.7. The molecule has 0 spiro atoms. The smallest absolute Gasteiger partial charge is 0.293 e. The predicted molar refractivity (Wildman–Crippen MR) is 172 cm³/mol. The number of aromatic nitrogens is 3. The molecule has 3 heterocycles. The third-order valence-corrected chi connectivity index (χ3v) is 7.99. The van der Waals surface area contributed by atoms with Crippen LogP contribution in [0.1, 0.15) is 47.1 Å². The number of aryl methyl sites for hydroxylation is 1. The maximum atomic E-state index is 13.5. The van der Waals surface area contributed by atoms with Crippen LogP contribution < -0.4 is 10.9 Å². The van der Waals surface area contributed by atoms with Crippen LogP contribution >= 0.6 is 0 Å². The monoisotopic (exact) mass is 589 g/mol. The van der Waals surface area contributed by atoms with E-state index in [0.29, 0.717) is 48.8 Å². The van der Waals surface area contributed by atoms with E-state index in [1.54, 1.807) is 53.2 Å². The van der Waals surface area contributed by atoms with Gasteiger partial charge >= 0.3 is 0 Å². The molecule has 0 aliphatic carbocycles. The molecule has 1 fully saturated rings. The summed E-state index contributed by atoms with van der Waals surface area (Å²) in [6.45, 7) is 8.65. The molecule has 0 bridgehead atoms. The van der Waals surface area contributed by atoms with Gasteiger partial charge in [-0.1, -0.05) is 45.0 Å². The second-order valence-corrected chi connectivity index (χ2v) is 12.1. The number of rotatable bonds is 5. The number of carbonyl (C=O) groups is 2. The summed E-state index contributed by atoms with van der Waals surface area (Å²) in [6, 6.07) is 22.4. The van der Waals surface area contributed by atoms with Gasteiger partial charge in [0.2, 0.25) is 0 Å². The van der Waals surface area contributed by atoms with Crippen LogP contribution in [0, 0.1) is 0 Å². The molecule has 1 aliphatic rings. The van der Waals surface area contributed by atoms with E-state index in [1.165, 1.54) is 4.57 Å². The molecule has 0 atom stereocenters. The number of benzene rings is 3. The quantitative estimate of drug-likeness (QED) is 0.287. The lowest BCUT2D eigenvalue weighted by atomic mass is 9.87. The SMILES string of the molecule is Cn1cc(-c2cccc3c2ccn3C(=O)c2ccc(C(C)(C)C)cc2)nc(Nc2ccc(C(=O)N3CCOCC3)cc2)c1=O. The summed E-state index contributed by atoms with van der Waals surface area (Å²) in [6.07, 6.45) is 3.46. The van der Waals surface area contributed by atoms with Crippen LogP contribution in [0.3, 0.4) is 0 Å². The highest BCUT2D eigenvalue weighted by Gasteiger charge is 2.20. The molecule has 1 saturated heterocycles. The Labute approximate surface area is 255 Å². The van der Waals surface area contributed by atoms with Gasteiger partial charge in [0.1, 0.15) is 0 Å². The molecule has 0 saturated carbocycles. The Balaban J connectivity index is 1.28. The van der Waals surface area contributed by atoms with Gasteiger partial charge in [-0.3, -0.25) is 19.0 Å². The number of carbonyl (C=O) groups excluding carboxylic acids is 2. The van der Waals surface area contributed by atoms with Crippen LogP contribution in [0.25, 0.3) is 22.2 Å². The molecule has 2 aromatic heterocycles. The minimum atomic E-state index is -0.291. The number of hydrogen-bond donors (Lipinski definition) is 1. The van der Waals surface area contributed by atoms with Gasteiger partial charge in [-0.2, -0.15) is 0 Å². The van der Waals surface area contributed by atoms with E-state index in [4.69, 9.17) is 9.72 Å².